The Balaban J connectivity index is 2.47. The van der Waals surface area contributed by atoms with Crippen molar-refractivity contribution in [3.63, 3.8) is 0 Å². The number of anilines is 1. The van der Waals surface area contributed by atoms with Crippen LogP contribution in [-0.4, -0.2) is 23.1 Å². The molecule has 1 aromatic heterocycles. The first kappa shape index (κ1) is 16.0. The zero-order chi connectivity index (χ0) is 15.2. The van der Waals surface area contributed by atoms with Crippen molar-refractivity contribution in [3.05, 3.63) is 33.5 Å². The Morgan fingerprint density at radius 1 is 1.19 bits per heavy atom. The zero-order valence-corrected chi connectivity index (χ0v) is 14.8. The highest BCUT2D eigenvalue weighted by molar-refractivity contribution is 14.1. The smallest absolute Gasteiger partial charge is 0.161 e. The van der Waals surface area contributed by atoms with Crippen LogP contribution in [0.1, 0.15) is 26.5 Å². The topological polar surface area (TPSA) is 47.0 Å². The summed E-state index contributed by atoms with van der Waals surface area (Å²) in [4.78, 5) is 9.35. The van der Waals surface area contributed by atoms with E-state index in [-0.39, 0.29) is 0 Å². The van der Waals surface area contributed by atoms with Gasteiger partial charge in [-0.25, -0.2) is 9.97 Å². The lowest BCUT2D eigenvalue weighted by Crippen LogP contribution is -2.07. The van der Waals surface area contributed by atoms with Gasteiger partial charge in [0.2, 0.25) is 0 Å². The third kappa shape index (κ3) is 3.84. The Hall–Kier alpha value is -1.37. The Labute approximate surface area is 139 Å². The highest BCUT2D eigenvalue weighted by Gasteiger charge is 2.12. The Bertz CT molecular complexity index is 616. The molecule has 0 unspecified atom stereocenters. The van der Waals surface area contributed by atoms with Crippen LogP contribution in [0.25, 0.3) is 11.4 Å². The highest BCUT2D eigenvalue weighted by Crippen LogP contribution is 2.26. The van der Waals surface area contributed by atoms with E-state index < -0.39 is 0 Å². The Kier molecular flexibility index (Phi) is 5.78. The van der Waals surface area contributed by atoms with Crippen molar-refractivity contribution >= 4 is 28.4 Å². The molecule has 1 N–H and O–H groups in total. The molecule has 0 bridgehead atoms. The van der Waals surface area contributed by atoms with Crippen molar-refractivity contribution < 1.29 is 4.74 Å². The predicted molar refractivity (Wildman–Crippen MR) is 94.9 cm³/mol. The van der Waals surface area contributed by atoms with E-state index >= 15 is 0 Å². The van der Waals surface area contributed by atoms with Crippen LogP contribution in [0.4, 0.5) is 5.82 Å². The van der Waals surface area contributed by atoms with Crippen molar-refractivity contribution in [2.45, 2.75) is 27.2 Å². The zero-order valence-electron chi connectivity index (χ0n) is 12.6. The van der Waals surface area contributed by atoms with Crippen molar-refractivity contribution in [3.8, 4) is 17.1 Å². The maximum absolute atomic E-state index is 5.55. The average molecular weight is 397 g/mol. The number of nitrogens with zero attached hydrogens (tertiary/aromatic N) is 2. The Morgan fingerprint density at radius 3 is 2.67 bits per heavy atom. The average Bonchev–Trinajstić information content (AvgIpc) is 2.50. The summed E-state index contributed by atoms with van der Waals surface area (Å²) in [6.45, 7) is 7.65. The fourth-order valence-corrected chi connectivity index (χ4v) is 2.85. The lowest BCUT2D eigenvalue weighted by molar-refractivity contribution is 0.340. The molecule has 4 nitrogen and oxygen atoms in total. The second-order valence-corrected chi connectivity index (χ2v) is 5.58. The molecule has 0 aliphatic heterocycles. The highest BCUT2D eigenvalue weighted by atomic mass is 127. The van der Waals surface area contributed by atoms with E-state index in [1.165, 1.54) is 0 Å². The van der Waals surface area contributed by atoms with Gasteiger partial charge in [-0.1, -0.05) is 19.1 Å². The van der Waals surface area contributed by atoms with E-state index in [1.807, 2.05) is 31.2 Å². The molecule has 21 heavy (non-hydrogen) atoms. The van der Waals surface area contributed by atoms with Gasteiger partial charge < -0.3 is 10.1 Å². The van der Waals surface area contributed by atoms with Gasteiger partial charge in [0.1, 0.15) is 11.6 Å². The first-order valence-electron chi connectivity index (χ1n) is 7.23. The van der Waals surface area contributed by atoms with E-state index in [2.05, 4.69) is 46.7 Å². The van der Waals surface area contributed by atoms with Crippen molar-refractivity contribution in [2.75, 3.05) is 18.5 Å². The van der Waals surface area contributed by atoms with Crippen LogP contribution >= 0.6 is 22.6 Å². The van der Waals surface area contributed by atoms with Crippen molar-refractivity contribution in [1.82, 2.24) is 9.97 Å². The minimum atomic E-state index is 0.653. The van der Waals surface area contributed by atoms with E-state index in [9.17, 15) is 0 Å². The van der Waals surface area contributed by atoms with Crippen molar-refractivity contribution in [2.24, 2.45) is 0 Å². The molecule has 0 fully saturated rings. The lowest BCUT2D eigenvalue weighted by atomic mass is 10.2. The molecule has 5 heteroatoms. The van der Waals surface area contributed by atoms with Crippen LogP contribution in [0.5, 0.6) is 5.75 Å². The van der Waals surface area contributed by atoms with Gasteiger partial charge in [0.05, 0.1) is 15.9 Å². The van der Waals surface area contributed by atoms with Gasteiger partial charge in [0.25, 0.3) is 0 Å². The summed E-state index contributed by atoms with van der Waals surface area (Å²) in [5.74, 6) is 2.49. The largest absolute Gasteiger partial charge is 0.494 e. The van der Waals surface area contributed by atoms with Gasteiger partial charge in [-0.3, -0.25) is 0 Å². The third-order valence-electron chi connectivity index (χ3n) is 3.00. The molecule has 0 amide bonds. The molecule has 112 valence electrons. The maximum Gasteiger partial charge on any atom is 0.161 e. The number of halogens is 1. The fourth-order valence-electron chi connectivity index (χ4n) is 2.03. The molecule has 2 aromatic rings. The first-order chi connectivity index (χ1) is 10.2. The van der Waals surface area contributed by atoms with E-state index in [0.29, 0.717) is 6.61 Å². The van der Waals surface area contributed by atoms with Crippen LogP contribution in [0.15, 0.2) is 24.3 Å². The third-order valence-corrected chi connectivity index (χ3v) is 4.14. The predicted octanol–water partition coefficient (Wildman–Crippen LogP) is 4.14. The number of aryl methyl sites for hydroxylation is 1. The molecule has 1 aromatic carbocycles. The lowest BCUT2D eigenvalue weighted by Gasteiger charge is -2.12. The molecule has 1 heterocycles. The first-order valence-corrected chi connectivity index (χ1v) is 8.30. The summed E-state index contributed by atoms with van der Waals surface area (Å²) in [6, 6.07) is 7.92. The Morgan fingerprint density at radius 2 is 2.00 bits per heavy atom. The summed E-state index contributed by atoms with van der Waals surface area (Å²) in [5.41, 5.74) is 2.05. The molecular weight excluding hydrogens is 377 g/mol. The molecule has 0 saturated carbocycles. The summed E-state index contributed by atoms with van der Waals surface area (Å²) in [7, 11) is 0. The molecular formula is C16H20IN3O. The molecule has 0 aliphatic rings. The SMILES string of the molecule is CCNc1nc(-c2cccc(OCC)c2)nc(CC)c1I. The van der Waals surface area contributed by atoms with Gasteiger partial charge in [-0.2, -0.15) is 0 Å². The number of nitrogens with one attached hydrogen (secondary N) is 1. The maximum atomic E-state index is 5.55. The number of hydrogen-bond donors (Lipinski definition) is 1. The van der Waals surface area contributed by atoms with Crippen LogP contribution in [0.2, 0.25) is 0 Å². The summed E-state index contributed by atoms with van der Waals surface area (Å²) in [6.07, 6.45) is 0.886. The van der Waals surface area contributed by atoms with Gasteiger partial charge in [-0.05, 0) is 55.0 Å². The number of benzene rings is 1. The molecule has 2 rings (SSSR count). The van der Waals surface area contributed by atoms with E-state index in [1.54, 1.807) is 0 Å². The van der Waals surface area contributed by atoms with Crippen LogP contribution in [0, 0.1) is 3.57 Å². The number of hydrogen-bond acceptors (Lipinski definition) is 4. The standard InChI is InChI=1S/C16H20IN3O/c1-4-13-14(17)16(18-5-2)20-15(19-13)11-8-7-9-12(10-11)21-6-3/h7-10H,4-6H2,1-3H3,(H,18,19,20). The fraction of sp³-hybridized carbons (Fsp3) is 0.375. The second kappa shape index (κ2) is 7.59. The van der Waals surface area contributed by atoms with Crippen LogP contribution in [0.3, 0.4) is 0 Å². The number of ether oxygens (including phenoxy) is 1. The molecule has 0 radical (unpaired) electrons. The monoisotopic (exact) mass is 397 g/mol. The van der Waals surface area contributed by atoms with Crippen LogP contribution < -0.4 is 10.1 Å². The number of aromatic nitrogens is 2. The normalized spacial score (nSPS) is 10.5. The minimum Gasteiger partial charge on any atom is -0.494 e. The van der Waals surface area contributed by atoms with Crippen molar-refractivity contribution in [1.29, 1.82) is 0 Å². The summed E-state index contributed by atoms with van der Waals surface area (Å²) in [5, 5.41) is 3.31. The van der Waals surface area contributed by atoms with E-state index in [0.717, 1.165) is 45.2 Å². The summed E-state index contributed by atoms with van der Waals surface area (Å²) >= 11 is 2.31. The number of rotatable bonds is 6. The minimum absolute atomic E-state index is 0.653. The molecule has 0 spiro atoms. The second-order valence-electron chi connectivity index (χ2n) is 4.50. The van der Waals surface area contributed by atoms with E-state index in [4.69, 9.17) is 9.72 Å². The van der Waals surface area contributed by atoms with Gasteiger partial charge >= 0.3 is 0 Å². The quantitative estimate of drug-likeness (QED) is 0.745. The van der Waals surface area contributed by atoms with Gasteiger partial charge in [0, 0.05) is 12.1 Å². The molecule has 0 atom stereocenters. The van der Waals surface area contributed by atoms with Crippen LogP contribution in [-0.2, 0) is 6.42 Å². The van der Waals surface area contributed by atoms with Gasteiger partial charge in [0.15, 0.2) is 5.82 Å². The summed E-state index contributed by atoms with van der Waals surface area (Å²) < 4.78 is 6.65. The molecule has 0 aliphatic carbocycles. The molecule has 0 saturated heterocycles. The van der Waals surface area contributed by atoms with Gasteiger partial charge in [-0.15, -0.1) is 0 Å².